The van der Waals surface area contributed by atoms with Gasteiger partial charge in [-0.1, -0.05) is 6.07 Å². The summed E-state index contributed by atoms with van der Waals surface area (Å²) in [7, 11) is 1.45. The van der Waals surface area contributed by atoms with Crippen LogP contribution in [-0.2, 0) is 23.8 Å². The van der Waals surface area contributed by atoms with E-state index in [9.17, 15) is 14.4 Å². The number of methoxy groups -OCH3 is 1. The number of rotatable bonds is 15. The highest BCUT2D eigenvalue weighted by Gasteiger charge is 2.15. The summed E-state index contributed by atoms with van der Waals surface area (Å²) in [5.41, 5.74) is 0.0812. The SMILES string of the molecule is COc1cc(/C=C/C(=O)O)ccc1OCC(=O)NCCOCCOCCNC(=O)OC(C)(C)C. The molecule has 0 saturated heterocycles. The molecule has 0 fully saturated rings. The van der Waals surface area contributed by atoms with E-state index in [0.29, 0.717) is 56.6 Å². The predicted molar refractivity (Wildman–Crippen MR) is 124 cm³/mol. The van der Waals surface area contributed by atoms with Crippen LogP contribution in [0.5, 0.6) is 11.5 Å². The fourth-order valence-electron chi connectivity index (χ4n) is 2.39. The van der Waals surface area contributed by atoms with E-state index in [4.69, 9.17) is 28.8 Å². The van der Waals surface area contributed by atoms with Gasteiger partial charge in [0.25, 0.3) is 5.91 Å². The second-order valence-corrected chi connectivity index (χ2v) is 7.87. The molecule has 1 aromatic carbocycles. The van der Waals surface area contributed by atoms with Crippen LogP contribution in [0.1, 0.15) is 26.3 Å². The molecular formula is C23H34N2O9. The molecule has 11 nitrogen and oxygen atoms in total. The number of hydrogen-bond acceptors (Lipinski definition) is 8. The molecule has 2 amide bonds. The maximum atomic E-state index is 11.9. The van der Waals surface area contributed by atoms with Gasteiger partial charge in [-0.3, -0.25) is 4.79 Å². The number of nitrogens with one attached hydrogen (secondary N) is 2. The van der Waals surface area contributed by atoms with Gasteiger partial charge in [0.1, 0.15) is 5.60 Å². The summed E-state index contributed by atoms with van der Waals surface area (Å²) >= 11 is 0. The molecule has 0 heterocycles. The summed E-state index contributed by atoms with van der Waals surface area (Å²) in [4.78, 5) is 34.0. The average molecular weight is 483 g/mol. The number of hydrogen-bond donors (Lipinski definition) is 3. The number of ether oxygens (including phenoxy) is 5. The first-order valence-electron chi connectivity index (χ1n) is 10.7. The first-order chi connectivity index (χ1) is 16.1. The Bertz CT molecular complexity index is 819. The van der Waals surface area contributed by atoms with Crippen molar-refractivity contribution in [1.82, 2.24) is 10.6 Å². The standard InChI is InChI=1S/C23H34N2O9/c1-23(2,3)34-22(29)25-10-12-32-14-13-31-11-9-24-20(26)16-33-18-7-5-17(6-8-21(27)28)15-19(18)30-4/h5-8,15H,9-14,16H2,1-4H3,(H,24,26)(H,25,29)(H,27,28)/b8-6+. The number of alkyl carbamates (subject to hydrolysis) is 1. The third-order valence-corrected chi connectivity index (χ3v) is 3.82. The number of amides is 2. The molecule has 0 bridgehead atoms. The van der Waals surface area contributed by atoms with Crippen molar-refractivity contribution in [2.45, 2.75) is 26.4 Å². The highest BCUT2D eigenvalue weighted by molar-refractivity contribution is 5.85. The van der Waals surface area contributed by atoms with Crippen molar-refractivity contribution >= 4 is 24.0 Å². The monoisotopic (exact) mass is 482 g/mol. The van der Waals surface area contributed by atoms with Crippen molar-refractivity contribution < 1.29 is 43.2 Å². The Morgan fingerprint density at radius 2 is 1.62 bits per heavy atom. The van der Waals surface area contributed by atoms with Crippen molar-refractivity contribution in [1.29, 1.82) is 0 Å². The lowest BCUT2D eigenvalue weighted by molar-refractivity contribution is -0.131. The maximum Gasteiger partial charge on any atom is 0.407 e. The van der Waals surface area contributed by atoms with Gasteiger partial charge in [-0.25, -0.2) is 9.59 Å². The molecule has 0 spiro atoms. The van der Waals surface area contributed by atoms with Crippen LogP contribution >= 0.6 is 0 Å². The van der Waals surface area contributed by atoms with Crippen molar-refractivity contribution in [2.75, 3.05) is 53.2 Å². The van der Waals surface area contributed by atoms with E-state index in [1.807, 2.05) is 0 Å². The normalized spacial score (nSPS) is 11.2. The van der Waals surface area contributed by atoms with Gasteiger partial charge < -0.3 is 39.4 Å². The van der Waals surface area contributed by atoms with E-state index in [1.54, 1.807) is 39.0 Å². The minimum absolute atomic E-state index is 0.214. The minimum Gasteiger partial charge on any atom is -0.493 e. The summed E-state index contributed by atoms with van der Waals surface area (Å²) < 4.78 is 26.5. The highest BCUT2D eigenvalue weighted by Crippen LogP contribution is 2.28. The third-order valence-electron chi connectivity index (χ3n) is 3.82. The Morgan fingerprint density at radius 3 is 2.21 bits per heavy atom. The maximum absolute atomic E-state index is 11.9. The number of aliphatic carboxylic acids is 1. The van der Waals surface area contributed by atoms with Gasteiger partial charge >= 0.3 is 12.1 Å². The van der Waals surface area contributed by atoms with Crippen LogP contribution in [0.15, 0.2) is 24.3 Å². The van der Waals surface area contributed by atoms with Gasteiger partial charge in [0.15, 0.2) is 18.1 Å². The lowest BCUT2D eigenvalue weighted by Crippen LogP contribution is -2.34. The van der Waals surface area contributed by atoms with Gasteiger partial charge in [0.05, 0.1) is 33.5 Å². The van der Waals surface area contributed by atoms with E-state index < -0.39 is 17.7 Å². The molecule has 0 aliphatic carbocycles. The molecule has 0 aliphatic heterocycles. The Balaban J connectivity index is 2.12. The molecule has 3 N–H and O–H groups in total. The average Bonchev–Trinajstić information content (AvgIpc) is 2.76. The molecule has 1 rings (SSSR count). The number of carbonyl (C=O) groups is 3. The Morgan fingerprint density at radius 1 is 0.971 bits per heavy atom. The Kier molecular flexibility index (Phi) is 13.1. The number of carboxylic acids is 1. The van der Waals surface area contributed by atoms with Crippen LogP contribution in [0.25, 0.3) is 6.08 Å². The van der Waals surface area contributed by atoms with E-state index in [-0.39, 0.29) is 12.5 Å². The zero-order chi connectivity index (χ0) is 25.4. The van der Waals surface area contributed by atoms with Crippen LogP contribution in [0.2, 0.25) is 0 Å². The smallest absolute Gasteiger partial charge is 0.407 e. The van der Waals surface area contributed by atoms with Crippen LogP contribution in [0.3, 0.4) is 0 Å². The van der Waals surface area contributed by atoms with E-state index in [0.717, 1.165) is 6.08 Å². The lowest BCUT2D eigenvalue weighted by atomic mass is 10.2. The van der Waals surface area contributed by atoms with Gasteiger partial charge in [0.2, 0.25) is 0 Å². The fraction of sp³-hybridized carbons (Fsp3) is 0.522. The number of benzene rings is 1. The number of carbonyl (C=O) groups excluding carboxylic acids is 2. The first kappa shape index (κ1) is 28.7. The summed E-state index contributed by atoms with van der Waals surface area (Å²) in [5, 5.41) is 13.9. The van der Waals surface area contributed by atoms with Crippen LogP contribution in [0, 0.1) is 0 Å². The molecule has 0 unspecified atom stereocenters. The molecule has 190 valence electrons. The zero-order valence-corrected chi connectivity index (χ0v) is 20.0. The van der Waals surface area contributed by atoms with Gasteiger partial charge in [-0.15, -0.1) is 0 Å². The molecule has 0 aliphatic rings. The molecule has 0 saturated carbocycles. The van der Waals surface area contributed by atoms with Gasteiger partial charge in [0, 0.05) is 19.2 Å². The van der Waals surface area contributed by atoms with Crippen LogP contribution in [0.4, 0.5) is 4.79 Å². The van der Waals surface area contributed by atoms with E-state index in [1.165, 1.54) is 13.2 Å². The predicted octanol–water partition coefficient (Wildman–Crippen LogP) is 1.85. The third kappa shape index (κ3) is 14.0. The summed E-state index contributed by atoms with van der Waals surface area (Å²) in [6.07, 6.45) is 1.95. The van der Waals surface area contributed by atoms with Crippen LogP contribution < -0.4 is 20.1 Å². The van der Waals surface area contributed by atoms with E-state index in [2.05, 4.69) is 10.6 Å². The first-order valence-corrected chi connectivity index (χ1v) is 10.7. The summed E-state index contributed by atoms with van der Waals surface area (Å²) in [5.74, 6) is -0.644. The molecule has 0 aromatic heterocycles. The topological polar surface area (TPSA) is 142 Å². The number of carboxylic acid groups (broad SMARTS) is 1. The van der Waals surface area contributed by atoms with Crippen molar-refractivity contribution in [3.8, 4) is 11.5 Å². The van der Waals surface area contributed by atoms with Gasteiger partial charge in [-0.2, -0.15) is 0 Å². The summed E-state index contributed by atoms with van der Waals surface area (Å²) in [6.45, 7) is 7.12. The van der Waals surface area contributed by atoms with Crippen LogP contribution in [-0.4, -0.2) is 81.9 Å². The lowest BCUT2D eigenvalue weighted by Gasteiger charge is -2.19. The van der Waals surface area contributed by atoms with E-state index >= 15 is 0 Å². The Labute approximate surface area is 199 Å². The minimum atomic E-state index is -1.06. The zero-order valence-electron chi connectivity index (χ0n) is 20.0. The van der Waals surface area contributed by atoms with Gasteiger partial charge in [-0.05, 0) is 44.5 Å². The highest BCUT2D eigenvalue weighted by atomic mass is 16.6. The molecule has 0 radical (unpaired) electrons. The summed E-state index contributed by atoms with van der Waals surface area (Å²) in [6, 6.07) is 4.86. The molecule has 0 atom stereocenters. The molecule has 11 heteroatoms. The Hall–Kier alpha value is -3.31. The fourth-order valence-corrected chi connectivity index (χ4v) is 2.39. The second kappa shape index (κ2) is 15.5. The molecular weight excluding hydrogens is 448 g/mol. The largest absolute Gasteiger partial charge is 0.493 e. The van der Waals surface area contributed by atoms with Crippen molar-refractivity contribution in [2.24, 2.45) is 0 Å². The van der Waals surface area contributed by atoms with Crippen molar-refractivity contribution in [3.05, 3.63) is 29.8 Å². The van der Waals surface area contributed by atoms with Crippen molar-refractivity contribution in [3.63, 3.8) is 0 Å². The molecule has 34 heavy (non-hydrogen) atoms. The molecule has 1 aromatic rings. The quantitative estimate of drug-likeness (QED) is 0.252. The second-order valence-electron chi connectivity index (χ2n) is 7.87.